The third kappa shape index (κ3) is 3.42. The maximum Gasteiger partial charge on any atom is 0.0717 e. The zero-order chi connectivity index (χ0) is 16.1. The van der Waals surface area contributed by atoms with Crippen LogP contribution in [0.3, 0.4) is 0 Å². The van der Waals surface area contributed by atoms with E-state index in [1.807, 2.05) is 44.3 Å². The Balaban J connectivity index is 2.44. The van der Waals surface area contributed by atoms with Gasteiger partial charge in [-0.15, -0.1) is 0 Å². The Morgan fingerprint density at radius 1 is 1.27 bits per heavy atom. The molecule has 1 aromatic rings. The van der Waals surface area contributed by atoms with Gasteiger partial charge in [-0.1, -0.05) is 31.2 Å². The van der Waals surface area contributed by atoms with Crippen LogP contribution in [-0.2, 0) is 6.42 Å². The molecule has 0 bridgehead atoms. The van der Waals surface area contributed by atoms with E-state index in [2.05, 4.69) is 29.9 Å². The molecule has 0 aromatic carbocycles. The molecule has 1 aliphatic rings. The van der Waals surface area contributed by atoms with E-state index in [1.54, 1.807) is 0 Å². The summed E-state index contributed by atoms with van der Waals surface area (Å²) in [6.45, 7) is 11.2. The minimum atomic E-state index is 0.493. The molecule has 114 valence electrons. The second-order valence-corrected chi connectivity index (χ2v) is 5.34. The Bertz CT molecular complexity index is 673. The summed E-state index contributed by atoms with van der Waals surface area (Å²) in [4.78, 5) is 4.51. The average Bonchev–Trinajstić information content (AvgIpc) is 2.54. The van der Waals surface area contributed by atoms with Gasteiger partial charge >= 0.3 is 0 Å². The predicted octanol–water partition coefficient (Wildman–Crippen LogP) is 4.06. The zero-order valence-corrected chi connectivity index (χ0v) is 13.5. The number of hydrogen-bond acceptors (Lipinski definition) is 3. The van der Waals surface area contributed by atoms with Crippen molar-refractivity contribution >= 4 is 11.3 Å². The van der Waals surface area contributed by atoms with E-state index < -0.39 is 0 Å². The van der Waals surface area contributed by atoms with Crippen LogP contribution in [0.15, 0.2) is 60.0 Å². The topological polar surface area (TPSA) is 48.8 Å². The quantitative estimate of drug-likeness (QED) is 0.860. The smallest absolute Gasteiger partial charge is 0.0717 e. The number of aryl methyl sites for hydroxylation is 1. The predicted molar refractivity (Wildman–Crippen MR) is 94.0 cm³/mol. The van der Waals surface area contributed by atoms with Crippen LogP contribution >= 0.6 is 0 Å². The summed E-state index contributed by atoms with van der Waals surface area (Å²) in [6, 6.07) is 4.08. The van der Waals surface area contributed by atoms with E-state index in [4.69, 9.17) is 5.41 Å². The summed E-state index contributed by atoms with van der Waals surface area (Å²) in [6.07, 6.45) is 8.65. The summed E-state index contributed by atoms with van der Waals surface area (Å²) >= 11 is 0. The number of rotatable bonds is 5. The number of aromatic nitrogens is 1. The Morgan fingerprint density at radius 2 is 2.05 bits per heavy atom. The monoisotopic (exact) mass is 293 g/mol. The molecule has 1 aliphatic carbocycles. The molecular weight excluding hydrogens is 270 g/mol. The lowest BCUT2D eigenvalue weighted by Crippen LogP contribution is -2.19. The first kappa shape index (κ1) is 16.0. The van der Waals surface area contributed by atoms with Crippen molar-refractivity contribution in [1.29, 1.82) is 5.41 Å². The molecule has 0 radical (unpaired) electrons. The molecule has 0 spiro atoms. The van der Waals surface area contributed by atoms with Crippen LogP contribution < -0.4 is 5.32 Å². The van der Waals surface area contributed by atoms with Crippen LogP contribution in [0, 0.1) is 5.41 Å². The fraction of sp³-hybridized carbons (Fsp3) is 0.263. The van der Waals surface area contributed by atoms with Crippen LogP contribution in [0.5, 0.6) is 0 Å². The van der Waals surface area contributed by atoms with Crippen molar-refractivity contribution in [1.82, 2.24) is 10.3 Å². The number of nitrogens with one attached hydrogen (secondary N) is 2. The minimum absolute atomic E-state index is 0.493. The van der Waals surface area contributed by atoms with E-state index in [0.717, 1.165) is 41.1 Å². The van der Waals surface area contributed by atoms with E-state index >= 15 is 0 Å². The standard InChI is InChI=1S/C19H23N3/c1-5-15-8-10-18(22-12-15)14(4)19(21-6-2)16-11-13(3)7-9-17(16)20/h7-12,20-21H,4-6H2,1-3H3/b19-16-,20-17?. The van der Waals surface area contributed by atoms with Gasteiger partial charge in [-0.3, -0.25) is 4.98 Å². The highest BCUT2D eigenvalue weighted by Crippen LogP contribution is 2.25. The molecule has 0 saturated heterocycles. The normalized spacial score (nSPS) is 16.3. The number of likely N-dealkylation sites (N-methyl/N-ethyl adjacent to an activating group) is 1. The van der Waals surface area contributed by atoms with Gasteiger partial charge < -0.3 is 10.7 Å². The summed E-state index contributed by atoms with van der Waals surface area (Å²) in [5.41, 5.74) is 6.24. The summed E-state index contributed by atoms with van der Waals surface area (Å²) in [5, 5.41) is 11.5. The third-order valence-corrected chi connectivity index (χ3v) is 3.64. The van der Waals surface area contributed by atoms with E-state index in [-0.39, 0.29) is 0 Å². The zero-order valence-electron chi connectivity index (χ0n) is 13.5. The van der Waals surface area contributed by atoms with Gasteiger partial charge in [-0.25, -0.2) is 0 Å². The van der Waals surface area contributed by atoms with Gasteiger partial charge in [0.25, 0.3) is 0 Å². The number of nitrogens with zero attached hydrogens (tertiary/aromatic N) is 1. The average molecular weight is 293 g/mol. The molecule has 3 heteroatoms. The minimum Gasteiger partial charge on any atom is -0.384 e. The highest BCUT2D eigenvalue weighted by atomic mass is 14.9. The van der Waals surface area contributed by atoms with Crippen molar-refractivity contribution in [3.8, 4) is 0 Å². The number of allylic oxidation sites excluding steroid dienone is 6. The summed E-state index contributed by atoms with van der Waals surface area (Å²) in [5.74, 6) is 0. The lowest BCUT2D eigenvalue weighted by Gasteiger charge is -2.18. The molecule has 0 atom stereocenters. The van der Waals surface area contributed by atoms with Gasteiger partial charge in [-0.2, -0.15) is 0 Å². The van der Waals surface area contributed by atoms with Gasteiger partial charge in [0, 0.05) is 23.9 Å². The first-order chi connectivity index (χ1) is 10.6. The Hall–Kier alpha value is -2.42. The number of pyridine rings is 1. The van der Waals surface area contributed by atoms with Crippen molar-refractivity contribution in [2.45, 2.75) is 27.2 Å². The molecule has 0 unspecified atom stereocenters. The van der Waals surface area contributed by atoms with Gasteiger partial charge in [0.2, 0.25) is 0 Å². The maximum atomic E-state index is 8.17. The third-order valence-electron chi connectivity index (χ3n) is 3.64. The van der Waals surface area contributed by atoms with E-state index in [0.29, 0.717) is 5.71 Å². The Labute approximate surface area is 132 Å². The summed E-state index contributed by atoms with van der Waals surface area (Å²) < 4.78 is 0. The largest absolute Gasteiger partial charge is 0.384 e. The van der Waals surface area contributed by atoms with E-state index in [1.165, 1.54) is 5.56 Å². The lowest BCUT2D eigenvalue weighted by molar-refractivity contribution is 0.878. The first-order valence-electron chi connectivity index (χ1n) is 7.64. The summed E-state index contributed by atoms with van der Waals surface area (Å²) in [7, 11) is 0. The SMILES string of the molecule is C=C(/C(NCC)=C1\C=C(C)C=CC1=N)c1ccc(CC)cn1. The van der Waals surface area contributed by atoms with Crippen molar-refractivity contribution in [3.63, 3.8) is 0 Å². The first-order valence-corrected chi connectivity index (χ1v) is 7.64. The molecule has 0 amide bonds. The molecule has 1 aromatic heterocycles. The maximum absolute atomic E-state index is 8.17. The highest BCUT2D eigenvalue weighted by molar-refractivity contribution is 6.12. The molecule has 0 aliphatic heterocycles. The van der Waals surface area contributed by atoms with Crippen LogP contribution in [0.2, 0.25) is 0 Å². The fourth-order valence-corrected chi connectivity index (χ4v) is 2.35. The van der Waals surface area contributed by atoms with Crippen molar-refractivity contribution in [2.24, 2.45) is 0 Å². The molecule has 3 nitrogen and oxygen atoms in total. The van der Waals surface area contributed by atoms with Crippen molar-refractivity contribution in [2.75, 3.05) is 6.54 Å². The van der Waals surface area contributed by atoms with E-state index in [9.17, 15) is 0 Å². The Kier molecular flexibility index (Phi) is 5.10. The van der Waals surface area contributed by atoms with Crippen LogP contribution in [-0.4, -0.2) is 17.2 Å². The van der Waals surface area contributed by atoms with Gasteiger partial charge in [0.1, 0.15) is 0 Å². The van der Waals surface area contributed by atoms with Crippen LogP contribution in [0.1, 0.15) is 32.0 Å². The second-order valence-electron chi connectivity index (χ2n) is 5.34. The fourth-order valence-electron chi connectivity index (χ4n) is 2.35. The van der Waals surface area contributed by atoms with Crippen LogP contribution in [0.4, 0.5) is 0 Å². The van der Waals surface area contributed by atoms with Crippen LogP contribution in [0.25, 0.3) is 5.57 Å². The van der Waals surface area contributed by atoms with Gasteiger partial charge in [0.05, 0.1) is 17.1 Å². The Morgan fingerprint density at radius 3 is 2.64 bits per heavy atom. The lowest BCUT2D eigenvalue weighted by atomic mass is 9.95. The molecule has 22 heavy (non-hydrogen) atoms. The van der Waals surface area contributed by atoms with Crippen molar-refractivity contribution in [3.05, 3.63) is 71.2 Å². The van der Waals surface area contributed by atoms with Gasteiger partial charge in [0.15, 0.2) is 0 Å². The number of hydrogen-bond donors (Lipinski definition) is 2. The van der Waals surface area contributed by atoms with Gasteiger partial charge in [-0.05, 0) is 44.1 Å². The molecule has 1 heterocycles. The molecule has 0 saturated carbocycles. The molecular formula is C19H23N3. The van der Waals surface area contributed by atoms with Crippen molar-refractivity contribution < 1.29 is 0 Å². The molecule has 2 N–H and O–H groups in total. The molecule has 2 rings (SSSR count). The molecule has 0 fully saturated rings. The second kappa shape index (κ2) is 7.03. The highest BCUT2D eigenvalue weighted by Gasteiger charge is 2.15.